The van der Waals surface area contributed by atoms with Gasteiger partial charge in [0.05, 0.1) is 0 Å². The van der Waals surface area contributed by atoms with E-state index in [9.17, 15) is 26.7 Å². The van der Waals surface area contributed by atoms with Crippen LogP contribution in [0, 0.1) is 0 Å². The van der Waals surface area contributed by atoms with E-state index in [4.69, 9.17) is 0 Å². The predicted octanol–water partition coefficient (Wildman–Crippen LogP) is 1.71. The summed E-state index contributed by atoms with van der Waals surface area (Å²) in [6, 6.07) is -1.19. The maximum atomic E-state index is 11.6. The molecule has 0 heterocycles. The summed E-state index contributed by atoms with van der Waals surface area (Å²) in [4.78, 5) is 10.2. The van der Waals surface area contributed by atoms with E-state index in [1.807, 2.05) is 0 Å². The number of nitrogens with one attached hydrogen (secondary N) is 1. The minimum Gasteiger partial charge on any atom is -0.346 e. The summed E-state index contributed by atoms with van der Waals surface area (Å²) >= 11 is 0. The molecule has 0 aliphatic carbocycles. The molecule has 0 radical (unpaired) electrons. The molecular weight excluding hydrogens is 197 g/mol. The normalized spacial score (nSPS) is 14.4. The maximum absolute atomic E-state index is 11.6. The van der Waals surface area contributed by atoms with Gasteiger partial charge in [0.1, 0.15) is 0 Å². The van der Waals surface area contributed by atoms with Gasteiger partial charge in [0.2, 0.25) is 6.43 Å². The molecule has 1 atom stereocenters. The summed E-state index contributed by atoms with van der Waals surface area (Å²) in [7, 11) is 0. The quantitative estimate of drug-likeness (QED) is 0.698. The first-order valence-electron chi connectivity index (χ1n) is 3.39. The van der Waals surface area contributed by atoms with Gasteiger partial charge in [0.15, 0.2) is 0 Å². The van der Waals surface area contributed by atoms with Crippen molar-refractivity contribution in [1.29, 1.82) is 0 Å². The fourth-order valence-electron chi connectivity index (χ4n) is 0.632. The van der Waals surface area contributed by atoms with Crippen LogP contribution in [0.3, 0.4) is 0 Å². The second kappa shape index (κ2) is 4.38. The van der Waals surface area contributed by atoms with Gasteiger partial charge in [0.25, 0.3) is 0 Å². The van der Waals surface area contributed by atoms with Crippen molar-refractivity contribution in [2.45, 2.75) is 32.0 Å². The molecule has 0 aliphatic heterocycles. The molecule has 0 aromatic rings. The second-order valence-electron chi connectivity index (χ2n) is 2.50. The summed E-state index contributed by atoms with van der Waals surface area (Å²) in [6.45, 7) is 1.08. The molecule has 78 valence electrons. The van der Waals surface area contributed by atoms with Crippen LogP contribution in [0.15, 0.2) is 0 Å². The largest absolute Gasteiger partial charge is 0.471 e. The van der Waals surface area contributed by atoms with Gasteiger partial charge in [-0.2, -0.15) is 13.2 Å². The molecule has 0 saturated carbocycles. The van der Waals surface area contributed by atoms with Crippen LogP contribution in [0.2, 0.25) is 0 Å². The summed E-state index contributed by atoms with van der Waals surface area (Å²) in [5.41, 5.74) is 0. The monoisotopic (exact) mass is 205 g/mol. The lowest BCUT2D eigenvalue weighted by molar-refractivity contribution is -0.174. The van der Waals surface area contributed by atoms with Crippen molar-refractivity contribution in [1.82, 2.24) is 5.32 Å². The summed E-state index contributed by atoms with van der Waals surface area (Å²) in [5, 5.41) is 1.41. The van der Waals surface area contributed by atoms with Crippen LogP contribution >= 0.6 is 0 Å². The van der Waals surface area contributed by atoms with Crippen molar-refractivity contribution >= 4 is 5.91 Å². The van der Waals surface area contributed by atoms with Crippen molar-refractivity contribution in [3.05, 3.63) is 0 Å². The Hall–Kier alpha value is -0.880. The minimum atomic E-state index is -5.02. The molecule has 0 aromatic carbocycles. The molecule has 7 heteroatoms. The number of rotatable bonds is 3. The lowest BCUT2D eigenvalue weighted by Crippen LogP contribution is -2.42. The van der Waals surface area contributed by atoms with Crippen LogP contribution in [-0.4, -0.2) is 24.6 Å². The number of hydrogen-bond donors (Lipinski definition) is 1. The molecule has 0 fully saturated rings. The molecule has 1 amide bonds. The van der Waals surface area contributed by atoms with Gasteiger partial charge in [0, 0.05) is 12.5 Å². The molecule has 0 rings (SSSR count). The second-order valence-corrected chi connectivity index (χ2v) is 2.50. The number of amides is 1. The Kier molecular flexibility index (Phi) is 4.09. The molecule has 1 unspecified atom stereocenters. The molecule has 13 heavy (non-hydrogen) atoms. The van der Waals surface area contributed by atoms with Crippen LogP contribution in [0.1, 0.15) is 13.3 Å². The van der Waals surface area contributed by atoms with E-state index >= 15 is 0 Å². The van der Waals surface area contributed by atoms with E-state index in [-0.39, 0.29) is 0 Å². The third kappa shape index (κ3) is 5.37. The van der Waals surface area contributed by atoms with Crippen LogP contribution < -0.4 is 5.32 Å². The zero-order valence-electron chi connectivity index (χ0n) is 6.66. The Morgan fingerprint density at radius 3 is 2.15 bits per heavy atom. The van der Waals surface area contributed by atoms with Gasteiger partial charge in [-0.1, -0.05) is 0 Å². The first-order chi connectivity index (χ1) is 5.73. The molecule has 0 bridgehead atoms. The molecular formula is C6H8F5NO. The van der Waals surface area contributed by atoms with Crippen molar-refractivity contribution in [3.63, 3.8) is 0 Å². The van der Waals surface area contributed by atoms with Crippen molar-refractivity contribution in [3.8, 4) is 0 Å². The highest BCUT2D eigenvalue weighted by molar-refractivity contribution is 5.81. The molecule has 0 spiro atoms. The van der Waals surface area contributed by atoms with Gasteiger partial charge in [-0.15, -0.1) is 0 Å². The Balaban J connectivity index is 3.93. The average Bonchev–Trinajstić information content (AvgIpc) is 1.82. The van der Waals surface area contributed by atoms with Gasteiger partial charge in [-0.05, 0) is 6.92 Å². The van der Waals surface area contributed by atoms with Gasteiger partial charge >= 0.3 is 12.1 Å². The molecule has 2 nitrogen and oxygen atoms in total. The van der Waals surface area contributed by atoms with E-state index in [0.29, 0.717) is 0 Å². The zero-order valence-corrected chi connectivity index (χ0v) is 6.66. The van der Waals surface area contributed by atoms with E-state index in [0.717, 1.165) is 6.92 Å². The zero-order chi connectivity index (χ0) is 10.6. The number of halogens is 5. The smallest absolute Gasteiger partial charge is 0.346 e. The number of carbonyl (C=O) groups excluding carboxylic acids is 1. The Bertz CT molecular complexity index is 178. The van der Waals surface area contributed by atoms with Crippen LogP contribution in [0.4, 0.5) is 22.0 Å². The first-order valence-corrected chi connectivity index (χ1v) is 3.39. The fraction of sp³-hybridized carbons (Fsp3) is 0.833. The SMILES string of the molecule is CC(CC(F)F)NC(=O)C(F)(F)F. The van der Waals surface area contributed by atoms with E-state index in [1.54, 1.807) is 0 Å². The Morgan fingerprint density at radius 2 is 1.85 bits per heavy atom. The lowest BCUT2D eigenvalue weighted by Gasteiger charge is -2.14. The van der Waals surface area contributed by atoms with E-state index in [2.05, 4.69) is 0 Å². The van der Waals surface area contributed by atoms with Crippen LogP contribution in [-0.2, 0) is 4.79 Å². The molecule has 0 saturated heterocycles. The fourth-order valence-corrected chi connectivity index (χ4v) is 0.632. The van der Waals surface area contributed by atoms with Crippen LogP contribution in [0.25, 0.3) is 0 Å². The Morgan fingerprint density at radius 1 is 1.38 bits per heavy atom. The van der Waals surface area contributed by atoms with Gasteiger partial charge in [-0.3, -0.25) is 4.79 Å². The topological polar surface area (TPSA) is 29.1 Å². The van der Waals surface area contributed by atoms with Crippen molar-refractivity contribution in [2.24, 2.45) is 0 Å². The maximum Gasteiger partial charge on any atom is 0.471 e. The summed E-state index contributed by atoms with van der Waals surface area (Å²) < 4.78 is 57.8. The standard InChI is InChI=1S/C6H8F5NO/c1-3(2-4(7)8)12-5(13)6(9,10)11/h3-4H,2H2,1H3,(H,12,13). The molecule has 1 N–H and O–H groups in total. The van der Waals surface area contributed by atoms with Crippen LogP contribution in [0.5, 0.6) is 0 Å². The van der Waals surface area contributed by atoms with Gasteiger partial charge < -0.3 is 5.32 Å². The molecule has 0 aliphatic rings. The number of carbonyl (C=O) groups is 1. The van der Waals surface area contributed by atoms with Gasteiger partial charge in [-0.25, -0.2) is 8.78 Å². The van der Waals surface area contributed by atoms with E-state index in [1.165, 1.54) is 5.32 Å². The van der Waals surface area contributed by atoms with Crippen molar-refractivity contribution in [2.75, 3.05) is 0 Å². The Labute approximate surface area is 71.1 Å². The first kappa shape index (κ1) is 12.1. The third-order valence-corrected chi connectivity index (χ3v) is 1.17. The molecule has 0 aromatic heterocycles. The third-order valence-electron chi connectivity index (χ3n) is 1.17. The highest BCUT2D eigenvalue weighted by Crippen LogP contribution is 2.15. The number of alkyl halides is 5. The number of hydrogen-bond acceptors (Lipinski definition) is 1. The predicted molar refractivity (Wildman–Crippen MR) is 34.3 cm³/mol. The summed E-state index contributed by atoms with van der Waals surface area (Å²) in [6.07, 6.45) is -8.54. The highest BCUT2D eigenvalue weighted by atomic mass is 19.4. The highest BCUT2D eigenvalue weighted by Gasteiger charge is 2.39. The van der Waals surface area contributed by atoms with Crippen molar-refractivity contribution < 1.29 is 26.7 Å². The average molecular weight is 205 g/mol. The summed E-state index contributed by atoms with van der Waals surface area (Å²) in [5.74, 6) is -2.19. The van der Waals surface area contributed by atoms with E-state index < -0.39 is 31.0 Å². The lowest BCUT2D eigenvalue weighted by atomic mass is 10.2. The minimum absolute atomic E-state index is 0.790.